The van der Waals surface area contributed by atoms with Crippen molar-refractivity contribution in [3.05, 3.63) is 159 Å². The number of para-hydroxylation sites is 3. The van der Waals surface area contributed by atoms with Gasteiger partial charge in [-0.2, -0.15) is 0 Å². The van der Waals surface area contributed by atoms with Crippen LogP contribution >= 0.6 is 0 Å². The molecule has 0 unspecified atom stereocenters. The maximum absolute atomic E-state index is 6.79. The van der Waals surface area contributed by atoms with E-state index < -0.39 is 0 Å². The monoisotopic (exact) mass is 917 g/mol. The Morgan fingerprint density at radius 1 is 0.643 bits per heavy atom. The summed E-state index contributed by atoms with van der Waals surface area (Å²) >= 11 is 2.44. The van der Waals surface area contributed by atoms with Crippen LogP contribution in [0.15, 0.2) is 128 Å². The van der Waals surface area contributed by atoms with Crippen LogP contribution in [0.5, 0.6) is 11.5 Å². The van der Waals surface area contributed by atoms with Crippen molar-refractivity contribution >= 4 is 28.2 Å². The number of pyridine rings is 1. The molecule has 1 aliphatic carbocycles. The van der Waals surface area contributed by atoms with Gasteiger partial charge in [-0.1, -0.05) is 68.4 Å². The normalized spacial score (nSPS) is 16.4. The topological polar surface area (TPSA) is 35.2 Å². The van der Waals surface area contributed by atoms with Crippen LogP contribution in [0.2, 0.25) is 0 Å². The van der Waals surface area contributed by atoms with Crippen LogP contribution in [0, 0.1) is 9.22 Å². The van der Waals surface area contributed by atoms with Crippen LogP contribution < -0.4 is 9.64 Å². The molecule has 2 aromatic heterocycles. The van der Waals surface area contributed by atoms with Gasteiger partial charge in [0.25, 0.3) is 0 Å². The minimum Gasteiger partial charge on any atom is -0.0582 e. The van der Waals surface area contributed by atoms with Crippen LogP contribution in [0.25, 0.3) is 22.4 Å². The van der Waals surface area contributed by atoms with E-state index in [1.165, 1.54) is 33.5 Å². The molecule has 6 heteroatoms. The minimum absolute atomic E-state index is 0.0215. The molecule has 5 aromatic carbocycles. The summed E-state index contributed by atoms with van der Waals surface area (Å²) in [6.45, 7) is 21.4. The standard InChI is InChI=1S/C50H50N4O.Pt/c1-47(2,3)34-26-27-51-45(29-34)54-41-25-24-40-46(49(6,7)50(8,9)48(40,4)5)39(41)28-33-22-23-38(31-44(33)54)55-37-19-15-18-36(30-37)53-32-52(35-16-11-10-12-17-35)42-20-13-14-21-43(42)53;/h10-27,29-31H,28H2,1-9H3;. The number of aromatic nitrogens is 3. The Bertz CT molecular complexity index is 2750. The third kappa shape index (κ3) is 5.45. The Morgan fingerprint density at radius 3 is 2.02 bits per heavy atom. The molecule has 0 atom stereocenters. The van der Waals surface area contributed by atoms with Crippen molar-refractivity contribution in [1.82, 2.24) is 14.1 Å². The Balaban J connectivity index is 1.15. The number of fused-ring (bicyclic) bond motifs is 5. The fourth-order valence-electron chi connectivity index (χ4n) is 9.23. The zero-order valence-electron chi connectivity index (χ0n) is 33.8. The van der Waals surface area contributed by atoms with Gasteiger partial charge in [0.15, 0.2) is 0 Å². The number of imidazole rings is 1. The Hall–Kier alpha value is -4.99. The summed E-state index contributed by atoms with van der Waals surface area (Å²) < 4.78 is 12.5. The van der Waals surface area contributed by atoms with Gasteiger partial charge in [-0.25, -0.2) is 0 Å². The molecule has 286 valence electrons. The minimum atomic E-state index is -0.0294. The molecule has 0 spiro atoms. The van der Waals surface area contributed by atoms with E-state index in [4.69, 9.17) is 9.72 Å². The number of benzene rings is 5. The second-order valence-electron chi connectivity index (χ2n) is 18.2. The molecule has 3 heterocycles. The smallest absolute Gasteiger partial charge is 0.0582 e. The number of hydrogen-bond donors (Lipinski definition) is 0. The van der Waals surface area contributed by atoms with Crippen molar-refractivity contribution in [3.8, 4) is 22.9 Å². The summed E-state index contributed by atoms with van der Waals surface area (Å²) in [5, 5.41) is 0. The zero-order valence-corrected chi connectivity index (χ0v) is 36.1. The van der Waals surface area contributed by atoms with Crippen molar-refractivity contribution in [3.63, 3.8) is 0 Å². The second-order valence-corrected chi connectivity index (χ2v) is 19.2. The summed E-state index contributed by atoms with van der Waals surface area (Å²) in [6, 6.07) is 43.3. The number of rotatable bonds is 5. The predicted molar refractivity (Wildman–Crippen MR) is 226 cm³/mol. The SMILES string of the molecule is CC(C)(C)c1ccnc(N2c3cc(Oc4cccc(-n5[c](=[Pt])n(-c6ccccc6)c6ccccc65)c4)ccc3Cc3c2ccc2c3C(C)(C)C(C)(C)C2(C)C)c1. The van der Waals surface area contributed by atoms with Gasteiger partial charge in [-0.15, -0.1) is 0 Å². The van der Waals surface area contributed by atoms with Gasteiger partial charge in [0.2, 0.25) is 0 Å². The molecular weight excluding hydrogens is 868 g/mol. The number of nitrogens with zero attached hydrogens (tertiary/aromatic N) is 4. The van der Waals surface area contributed by atoms with Gasteiger partial charge >= 0.3 is 225 Å². The quantitative estimate of drug-likeness (QED) is 0.173. The van der Waals surface area contributed by atoms with E-state index >= 15 is 0 Å². The first-order valence-corrected chi connectivity index (χ1v) is 20.8. The molecule has 0 bridgehead atoms. The van der Waals surface area contributed by atoms with E-state index in [-0.39, 0.29) is 21.7 Å². The summed E-state index contributed by atoms with van der Waals surface area (Å²) in [4.78, 5) is 7.44. The molecule has 0 N–H and O–H groups in total. The molecule has 0 saturated heterocycles. The van der Waals surface area contributed by atoms with E-state index in [0.29, 0.717) is 0 Å². The molecule has 5 nitrogen and oxygen atoms in total. The molecule has 2 aliphatic rings. The zero-order chi connectivity index (χ0) is 39.4. The van der Waals surface area contributed by atoms with Crippen LogP contribution in [-0.4, -0.2) is 14.1 Å². The third-order valence-electron chi connectivity index (χ3n) is 13.5. The molecule has 0 fully saturated rings. The Labute approximate surface area is 342 Å². The van der Waals surface area contributed by atoms with Crippen LogP contribution in [-0.2, 0) is 42.0 Å². The van der Waals surface area contributed by atoms with Gasteiger partial charge in [-0.3, -0.25) is 0 Å². The maximum atomic E-state index is 6.79. The molecule has 56 heavy (non-hydrogen) atoms. The fourth-order valence-corrected chi connectivity index (χ4v) is 10.4. The molecule has 0 saturated carbocycles. The van der Waals surface area contributed by atoms with E-state index in [1.54, 1.807) is 0 Å². The van der Waals surface area contributed by atoms with E-state index in [9.17, 15) is 0 Å². The van der Waals surface area contributed by atoms with Gasteiger partial charge in [0, 0.05) is 6.20 Å². The van der Waals surface area contributed by atoms with Crippen molar-refractivity contribution in [2.45, 2.75) is 85.0 Å². The first-order valence-electron chi connectivity index (χ1n) is 19.7. The first-order chi connectivity index (χ1) is 26.6. The average Bonchev–Trinajstić information content (AvgIpc) is 3.52. The molecule has 0 radical (unpaired) electrons. The van der Waals surface area contributed by atoms with Crippen molar-refractivity contribution in [2.75, 3.05) is 4.90 Å². The van der Waals surface area contributed by atoms with Gasteiger partial charge in [0.1, 0.15) is 0 Å². The number of hydrogen-bond acceptors (Lipinski definition) is 3. The van der Waals surface area contributed by atoms with Crippen LogP contribution in [0.1, 0.15) is 90.1 Å². The third-order valence-corrected chi connectivity index (χ3v) is 14.5. The van der Waals surface area contributed by atoms with Crippen LogP contribution in [0.3, 0.4) is 0 Å². The summed E-state index contributed by atoms with van der Waals surface area (Å²) in [5.41, 5.74) is 13.7. The molecule has 7 aromatic rings. The van der Waals surface area contributed by atoms with Gasteiger partial charge in [0.05, 0.1) is 0 Å². The van der Waals surface area contributed by atoms with Gasteiger partial charge < -0.3 is 0 Å². The molecular formula is C50H50N4OPt. The van der Waals surface area contributed by atoms with E-state index in [1.807, 2.05) is 12.3 Å². The first kappa shape index (κ1) is 36.6. The summed E-state index contributed by atoms with van der Waals surface area (Å²) in [6.07, 6.45) is 2.82. The predicted octanol–water partition coefficient (Wildman–Crippen LogP) is 13.0. The Kier molecular flexibility index (Phi) is 8.35. The summed E-state index contributed by atoms with van der Waals surface area (Å²) in [5.74, 6) is 2.49. The van der Waals surface area contributed by atoms with Crippen molar-refractivity contribution in [2.24, 2.45) is 5.41 Å². The average molecular weight is 918 g/mol. The second kappa shape index (κ2) is 12.8. The van der Waals surface area contributed by atoms with Crippen molar-refractivity contribution in [1.29, 1.82) is 0 Å². The van der Waals surface area contributed by atoms with Crippen molar-refractivity contribution < 1.29 is 24.1 Å². The van der Waals surface area contributed by atoms with E-state index in [2.05, 4.69) is 211 Å². The summed E-state index contributed by atoms with van der Waals surface area (Å²) in [7, 11) is 0. The fraction of sp³-hybridized carbons (Fsp3) is 0.280. The Morgan fingerprint density at radius 2 is 1.30 bits per heavy atom. The van der Waals surface area contributed by atoms with Crippen LogP contribution in [0.4, 0.5) is 17.2 Å². The molecule has 9 rings (SSSR count). The number of ether oxygens (including phenoxy) is 1. The molecule has 0 amide bonds. The van der Waals surface area contributed by atoms with Gasteiger partial charge in [-0.05, 0) is 44.4 Å². The molecule has 1 aliphatic heterocycles. The van der Waals surface area contributed by atoms with E-state index in [0.717, 1.165) is 55.6 Å². The number of anilines is 3.